The number of amides is 1. The van der Waals surface area contributed by atoms with Crippen molar-refractivity contribution in [3.8, 4) is 17.3 Å². The first-order valence-electron chi connectivity index (χ1n) is 9.44. The quantitative estimate of drug-likeness (QED) is 0.739. The molecular formula is C19H25N7O2. The summed E-state index contributed by atoms with van der Waals surface area (Å²) in [6.45, 7) is 10.7. The average molecular weight is 383 g/mol. The monoisotopic (exact) mass is 383 g/mol. The van der Waals surface area contributed by atoms with Gasteiger partial charge in [0.15, 0.2) is 5.65 Å². The predicted octanol–water partition coefficient (Wildman–Crippen LogP) is 1.95. The van der Waals surface area contributed by atoms with Crippen LogP contribution in [0.3, 0.4) is 0 Å². The number of nitrogens with one attached hydrogen (secondary N) is 1. The van der Waals surface area contributed by atoms with E-state index in [1.165, 1.54) is 0 Å². The molecule has 9 heteroatoms. The molecule has 2 atom stereocenters. The summed E-state index contributed by atoms with van der Waals surface area (Å²) in [7, 11) is 0. The Balaban J connectivity index is 1.71. The molecule has 4 rings (SSSR count). The third-order valence-corrected chi connectivity index (χ3v) is 4.93. The molecule has 28 heavy (non-hydrogen) atoms. The summed E-state index contributed by atoms with van der Waals surface area (Å²) >= 11 is 0. The van der Waals surface area contributed by atoms with E-state index in [-0.39, 0.29) is 23.5 Å². The van der Waals surface area contributed by atoms with Crippen molar-refractivity contribution in [3.63, 3.8) is 0 Å². The Labute approximate surface area is 163 Å². The first-order chi connectivity index (χ1) is 13.2. The third-order valence-electron chi connectivity index (χ3n) is 4.93. The second kappa shape index (κ2) is 6.57. The number of hydrogen-bond acceptors (Lipinski definition) is 6. The summed E-state index contributed by atoms with van der Waals surface area (Å²) in [5, 5.41) is 11.7. The minimum Gasteiger partial charge on any atom is -0.460 e. The number of aryl methyl sites for hydroxylation is 1. The van der Waals surface area contributed by atoms with Crippen molar-refractivity contribution in [2.24, 2.45) is 5.92 Å². The highest BCUT2D eigenvalue weighted by atomic mass is 16.5. The second-order valence-corrected chi connectivity index (χ2v) is 8.29. The molecule has 0 saturated carbocycles. The van der Waals surface area contributed by atoms with Crippen molar-refractivity contribution in [1.82, 2.24) is 34.7 Å². The summed E-state index contributed by atoms with van der Waals surface area (Å²) < 4.78 is 9.65. The van der Waals surface area contributed by atoms with Gasteiger partial charge in [0.25, 0.3) is 0 Å². The van der Waals surface area contributed by atoms with Crippen LogP contribution >= 0.6 is 0 Å². The van der Waals surface area contributed by atoms with Crippen molar-refractivity contribution < 1.29 is 9.53 Å². The summed E-state index contributed by atoms with van der Waals surface area (Å²) in [4.78, 5) is 20.7. The van der Waals surface area contributed by atoms with Crippen LogP contribution in [-0.2, 0) is 10.3 Å². The van der Waals surface area contributed by atoms with Crippen molar-refractivity contribution in [2.45, 2.75) is 52.7 Å². The highest BCUT2D eigenvalue weighted by molar-refractivity contribution is 5.78. The van der Waals surface area contributed by atoms with Gasteiger partial charge in [-0.2, -0.15) is 14.6 Å². The van der Waals surface area contributed by atoms with Gasteiger partial charge >= 0.3 is 6.01 Å². The largest absolute Gasteiger partial charge is 0.460 e. The maximum absolute atomic E-state index is 11.5. The van der Waals surface area contributed by atoms with E-state index in [1.807, 2.05) is 30.8 Å². The number of nitrogens with zero attached hydrogens (tertiary/aromatic N) is 6. The molecule has 148 valence electrons. The van der Waals surface area contributed by atoms with E-state index >= 15 is 0 Å². The van der Waals surface area contributed by atoms with Gasteiger partial charge in [-0.15, -0.1) is 5.10 Å². The Morgan fingerprint density at radius 3 is 2.75 bits per heavy atom. The van der Waals surface area contributed by atoms with Crippen LogP contribution in [-0.4, -0.2) is 47.9 Å². The van der Waals surface area contributed by atoms with Crippen LogP contribution in [0.25, 0.3) is 16.9 Å². The first-order valence-corrected chi connectivity index (χ1v) is 9.44. The van der Waals surface area contributed by atoms with Gasteiger partial charge in [0.2, 0.25) is 5.91 Å². The zero-order valence-electron chi connectivity index (χ0n) is 16.8. The molecule has 3 aromatic heterocycles. The van der Waals surface area contributed by atoms with Gasteiger partial charge in [0.05, 0.1) is 17.4 Å². The van der Waals surface area contributed by atoms with Gasteiger partial charge in [-0.1, -0.05) is 0 Å². The lowest BCUT2D eigenvalue weighted by molar-refractivity contribution is -0.119. The smallest absolute Gasteiger partial charge is 0.320 e. The molecule has 1 saturated heterocycles. The maximum atomic E-state index is 11.5. The minimum atomic E-state index is -0.188. The van der Waals surface area contributed by atoms with Crippen LogP contribution < -0.4 is 10.1 Å². The number of hydrogen-bond donors (Lipinski definition) is 1. The highest BCUT2D eigenvalue weighted by Gasteiger charge is 2.29. The van der Waals surface area contributed by atoms with Crippen LogP contribution in [0.4, 0.5) is 0 Å². The number of fused-ring (bicyclic) bond motifs is 1. The lowest BCUT2D eigenvalue weighted by Crippen LogP contribution is -2.27. The molecule has 1 amide bonds. The van der Waals surface area contributed by atoms with E-state index < -0.39 is 0 Å². The Hall–Kier alpha value is -2.97. The standard InChI is InChI=1S/C19H25N7O2/c1-11(13-6-17(27)20-8-13)28-18-23-15(7-16-22-12(2)24-26(16)18)14-9-21-25(10-14)19(3,4)5/h7,9-11,13H,6,8H2,1-5H3,(H,20,27)/t11-,13?/m1/s1. The fourth-order valence-electron chi connectivity index (χ4n) is 3.24. The molecule has 4 heterocycles. The van der Waals surface area contributed by atoms with Gasteiger partial charge in [-0.25, -0.2) is 4.98 Å². The molecule has 9 nitrogen and oxygen atoms in total. The van der Waals surface area contributed by atoms with Gasteiger partial charge in [0, 0.05) is 36.7 Å². The normalized spacial score (nSPS) is 18.5. The van der Waals surface area contributed by atoms with E-state index in [2.05, 4.69) is 46.3 Å². The molecule has 1 aliphatic heterocycles. The Kier molecular flexibility index (Phi) is 4.32. The molecule has 1 fully saturated rings. The molecule has 0 bridgehead atoms. The van der Waals surface area contributed by atoms with Gasteiger partial charge in [-0.05, 0) is 34.6 Å². The highest BCUT2D eigenvalue weighted by Crippen LogP contribution is 2.26. The maximum Gasteiger partial charge on any atom is 0.320 e. The van der Waals surface area contributed by atoms with E-state index in [9.17, 15) is 4.79 Å². The van der Waals surface area contributed by atoms with E-state index in [4.69, 9.17) is 4.74 Å². The predicted molar refractivity (Wildman–Crippen MR) is 103 cm³/mol. The summed E-state index contributed by atoms with van der Waals surface area (Å²) in [6, 6.07) is 2.24. The van der Waals surface area contributed by atoms with Crippen molar-refractivity contribution in [2.75, 3.05) is 6.54 Å². The molecule has 0 aliphatic carbocycles. The van der Waals surface area contributed by atoms with Crippen LogP contribution in [0.1, 0.15) is 39.9 Å². The molecule has 1 N–H and O–H groups in total. The zero-order chi connectivity index (χ0) is 20.1. The van der Waals surface area contributed by atoms with Crippen LogP contribution in [0, 0.1) is 12.8 Å². The third kappa shape index (κ3) is 3.44. The lowest BCUT2D eigenvalue weighted by atomic mass is 10.0. The SMILES string of the molecule is Cc1nc2cc(-c3cnn(C(C)(C)C)c3)nc(O[C@H](C)C3CNC(=O)C3)n2n1. The first kappa shape index (κ1) is 18.4. The van der Waals surface area contributed by atoms with Crippen LogP contribution in [0.2, 0.25) is 0 Å². The average Bonchev–Trinajstić information content (AvgIpc) is 3.32. The Morgan fingerprint density at radius 1 is 1.32 bits per heavy atom. The van der Waals surface area contributed by atoms with Crippen molar-refractivity contribution in [3.05, 3.63) is 24.3 Å². The molecule has 0 spiro atoms. The molecule has 3 aromatic rings. The van der Waals surface area contributed by atoms with Crippen LogP contribution in [0.15, 0.2) is 18.5 Å². The second-order valence-electron chi connectivity index (χ2n) is 8.29. The topological polar surface area (TPSA) is 99.2 Å². The number of rotatable bonds is 4. The van der Waals surface area contributed by atoms with Crippen LogP contribution in [0.5, 0.6) is 6.01 Å². The summed E-state index contributed by atoms with van der Waals surface area (Å²) in [5.74, 6) is 0.791. The zero-order valence-corrected chi connectivity index (χ0v) is 16.8. The van der Waals surface area contributed by atoms with Crippen molar-refractivity contribution >= 4 is 11.6 Å². The Morgan fingerprint density at radius 2 is 2.11 bits per heavy atom. The number of carbonyl (C=O) groups is 1. The van der Waals surface area contributed by atoms with E-state index in [0.29, 0.717) is 30.4 Å². The van der Waals surface area contributed by atoms with Gasteiger partial charge in [-0.3, -0.25) is 9.48 Å². The van der Waals surface area contributed by atoms with E-state index in [1.54, 1.807) is 10.7 Å². The molecular weight excluding hydrogens is 358 g/mol. The summed E-state index contributed by atoms with van der Waals surface area (Å²) in [6.07, 6.45) is 4.03. The lowest BCUT2D eigenvalue weighted by Gasteiger charge is -2.19. The van der Waals surface area contributed by atoms with Gasteiger partial charge in [0.1, 0.15) is 11.9 Å². The Bertz CT molecular complexity index is 1030. The fraction of sp³-hybridized carbons (Fsp3) is 0.526. The molecule has 0 radical (unpaired) electrons. The van der Waals surface area contributed by atoms with Gasteiger partial charge < -0.3 is 10.1 Å². The number of carbonyl (C=O) groups excluding carboxylic acids is 1. The number of aromatic nitrogens is 6. The molecule has 1 aliphatic rings. The summed E-state index contributed by atoms with van der Waals surface area (Å²) in [5.41, 5.74) is 2.14. The van der Waals surface area contributed by atoms with Crippen molar-refractivity contribution in [1.29, 1.82) is 0 Å². The minimum absolute atomic E-state index is 0.0542. The fourth-order valence-corrected chi connectivity index (χ4v) is 3.24. The molecule has 1 unspecified atom stereocenters. The molecule has 0 aromatic carbocycles. The number of ether oxygens (including phenoxy) is 1. The van der Waals surface area contributed by atoms with E-state index in [0.717, 1.165) is 11.3 Å².